The number of carbonyl (C=O) groups excluding carboxylic acids is 1. The van der Waals surface area contributed by atoms with E-state index in [9.17, 15) is 4.79 Å². The Labute approximate surface area is 187 Å². The number of anilines is 1. The van der Waals surface area contributed by atoms with Gasteiger partial charge in [0.15, 0.2) is 0 Å². The molecule has 0 bridgehead atoms. The number of carbonyl (C=O) groups is 1. The number of rotatable bonds is 9. The van der Waals surface area contributed by atoms with Crippen LogP contribution in [-0.4, -0.2) is 43.4 Å². The lowest BCUT2D eigenvalue weighted by molar-refractivity contribution is -0.117. The van der Waals surface area contributed by atoms with Crippen LogP contribution in [0.25, 0.3) is 11.4 Å². The van der Waals surface area contributed by atoms with Crippen molar-refractivity contribution in [3.63, 3.8) is 0 Å². The van der Waals surface area contributed by atoms with E-state index in [-0.39, 0.29) is 11.8 Å². The molecule has 1 aliphatic rings. The molecule has 0 aliphatic carbocycles. The maximum absolute atomic E-state index is 12.7. The molecule has 8 heteroatoms. The number of methoxy groups -OCH3 is 2. The zero-order valence-corrected chi connectivity index (χ0v) is 18.5. The number of benzene rings is 2. The Kier molecular flexibility index (Phi) is 6.58. The Hall–Kier alpha value is -3.55. The zero-order chi connectivity index (χ0) is 22.5. The third kappa shape index (κ3) is 4.69. The third-order valence-electron chi connectivity index (χ3n) is 5.44. The fourth-order valence-corrected chi connectivity index (χ4v) is 3.62. The van der Waals surface area contributed by atoms with Crippen LogP contribution in [0.4, 0.5) is 5.69 Å². The SMILES string of the molecule is CCCCOc1ccc(-c2noc(C3CC(=O)N(c4cc(OC)cc(OC)c4)C3)n2)cc1. The third-order valence-corrected chi connectivity index (χ3v) is 5.44. The smallest absolute Gasteiger partial charge is 0.232 e. The van der Waals surface area contributed by atoms with E-state index in [1.807, 2.05) is 36.4 Å². The number of unbranched alkanes of at least 4 members (excludes halogenated alkanes) is 1. The van der Waals surface area contributed by atoms with Gasteiger partial charge in [0.25, 0.3) is 0 Å². The first-order valence-corrected chi connectivity index (χ1v) is 10.7. The predicted molar refractivity (Wildman–Crippen MR) is 119 cm³/mol. The fourth-order valence-electron chi connectivity index (χ4n) is 3.62. The van der Waals surface area contributed by atoms with E-state index in [1.54, 1.807) is 25.2 Å². The van der Waals surface area contributed by atoms with Crippen LogP contribution in [0.15, 0.2) is 47.0 Å². The molecule has 32 heavy (non-hydrogen) atoms. The molecule has 1 fully saturated rings. The van der Waals surface area contributed by atoms with E-state index >= 15 is 0 Å². The summed E-state index contributed by atoms with van der Waals surface area (Å²) in [4.78, 5) is 19.0. The van der Waals surface area contributed by atoms with E-state index in [4.69, 9.17) is 18.7 Å². The van der Waals surface area contributed by atoms with Crippen LogP contribution >= 0.6 is 0 Å². The Balaban J connectivity index is 1.47. The normalized spacial score (nSPS) is 15.8. The summed E-state index contributed by atoms with van der Waals surface area (Å²) in [5, 5.41) is 4.12. The Morgan fingerprint density at radius 2 is 1.78 bits per heavy atom. The first kappa shape index (κ1) is 21.7. The van der Waals surface area contributed by atoms with Gasteiger partial charge in [0.05, 0.1) is 32.4 Å². The molecule has 168 valence electrons. The van der Waals surface area contributed by atoms with Crippen molar-refractivity contribution >= 4 is 11.6 Å². The molecule has 3 aromatic rings. The van der Waals surface area contributed by atoms with Gasteiger partial charge in [-0.25, -0.2) is 0 Å². The molecule has 4 rings (SSSR count). The highest BCUT2D eigenvalue weighted by Crippen LogP contribution is 2.35. The quantitative estimate of drug-likeness (QED) is 0.457. The van der Waals surface area contributed by atoms with Gasteiger partial charge in [-0.05, 0) is 30.7 Å². The molecule has 1 aliphatic heterocycles. The van der Waals surface area contributed by atoms with E-state index in [1.165, 1.54) is 0 Å². The van der Waals surface area contributed by atoms with Gasteiger partial charge in [-0.1, -0.05) is 18.5 Å². The minimum Gasteiger partial charge on any atom is -0.497 e. The summed E-state index contributed by atoms with van der Waals surface area (Å²) in [6, 6.07) is 13.0. The minimum atomic E-state index is -0.183. The summed E-state index contributed by atoms with van der Waals surface area (Å²) >= 11 is 0. The average Bonchev–Trinajstić information content (AvgIpc) is 3.46. The molecule has 0 radical (unpaired) electrons. The summed E-state index contributed by atoms with van der Waals surface area (Å²) in [7, 11) is 3.16. The van der Waals surface area contributed by atoms with Crippen molar-refractivity contribution in [3.8, 4) is 28.6 Å². The minimum absolute atomic E-state index is 0.0152. The number of hydrogen-bond acceptors (Lipinski definition) is 7. The molecule has 0 saturated carbocycles. The Morgan fingerprint density at radius 3 is 2.44 bits per heavy atom. The van der Waals surface area contributed by atoms with Gasteiger partial charge in [-0.2, -0.15) is 4.98 Å². The fraction of sp³-hybridized carbons (Fsp3) is 0.375. The molecule has 2 aromatic carbocycles. The monoisotopic (exact) mass is 437 g/mol. The largest absolute Gasteiger partial charge is 0.497 e. The van der Waals surface area contributed by atoms with E-state index in [0.717, 1.165) is 24.2 Å². The molecule has 0 N–H and O–H groups in total. The molecule has 1 unspecified atom stereocenters. The average molecular weight is 437 g/mol. The van der Waals surface area contributed by atoms with Crippen molar-refractivity contribution in [1.29, 1.82) is 0 Å². The van der Waals surface area contributed by atoms with Gasteiger partial charge in [0.2, 0.25) is 17.6 Å². The highest BCUT2D eigenvalue weighted by atomic mass is 16.5. The highest BCUT2D eigenvalue weighted by Gasteiger charge is 2.35. The second kappa shape index (κ2) is 9.72. The molecule has 2 heterocycles. The van der Waals surface area contributed by atoms with Gasteiger partial charge < -0.3 is 23.6 Å². The predicted octanol–water partition coefficient (Wildman–Crippen LogP) is 4.45. The van der Waals surface area contributed by atoms with E-state index < -0.39 is 0 Å². The van der Waals surface area contributed by atoms with Gasteiger partial charge in [0.1, 0.15) is 17.2 Å². The Morgan fingerprint density at radius 1 is 1.06 bits per heavy atom. The molecule has 1 aromatic heterocycles. The molecule has 8 nitrogen and oxygen atoms in total. The molecular formula is C24H27N3O5. The molecule has 0 spiro atoms. The van der Waals surface area contributed by atoms with Gasteiger partial charge >= 0.3 is 0 Å². The molecular weight excluding hydrogens is 410 g/mol. The first-order valence-electron chi connectivity index (χ1n) is 10.7. The number of nitrogens with zero attached hydrogens (tertiary/aromatic N) is 3. The molecule has 1 amide bonds. The lowest BCUT2D eigenvalue weighted by Gasteiger charge is -2.18. The van der Waals surface area contributed by atoms with E-state index in [0.29, 0.717) is 48.5 Å². The van der Waals surface area contributed by atoms with Crippen LogP contribution in [-0.2, 0) is 4.79 Å². The number of aromatic nitrogens is 2. The number of amides is 1. The van der Waals surface area contributed by atoms with Crippen molar-refractivity contribution < 1.29 is 23.5 Å². The topological polar surface area (TPSA) is 86.9 Å². The summed E-state index contributed by atoms with van der Waals surface area (Å²) in [6.07, 6.45) is 2.41. The van der Waals surface area contributed by atoms with Crippen LogP contribution in [0, 0.1) is 0 Å². The van der Waals surface area contributed by atoms with Crippen LogP contribution in [0.5, 0.6) is 17.2 Å². The summed E-state index contributed by atoms with van der Waals surface area (Å²) < 4.78 is 21.9. The van der Waals surface area contributed by atoms with Crippen molar-refractivity contribution in [2.45, 2.75) is 32.1 Å². The van der Waals surface area contributed by atoms with Crippen LogP contribution in [0.3, 0.4) is 0 Å². The molecule has 1 saturated heterocycles. The highest BCUT2D eigenvalue weighted by molar-refractivity contribution is 5.96. The lowest BCUT2D eigenvalue weighted by atomic mass is 10.1. The van der Waals surface area contributed by atoms with Gasteiger partial charge in [0, 0.05) is 36.7 Å². The Bertz CT molecular complexity index is 1040. The van der Waals surface area contributed by atoms with Crippen molar-refractivity contribution in [2.75, 3.05) is 32.3 Å². The summed E-state index contributed by atoms with van der Waals surface area (Å²) in [5.41, 5.74) is 1.55. The van der Waals surface area contributed by atoms with Crippen LogP contribution in [0.2, 0.25) is 0 Å². The van der Waals surface area contributed by atoms with Gasteiger partial charge in [-0.15, -0.1) is 0 Å². The standard InChI is InChI=1S/C24H27N3O5/c1-4-5-10-31-19-8-6-16(7-9-19)23-25-24(32-26-23)17-11-22(28)27(15-17)18-12-20(29-2)14-21(13-18)30-3/h6-9,12-14,17H,4-5,10-11,15H2,1-3H3. The number of ether oxygens (including phenoxy) is 3. The van der Waals surface area contributed by atoms with Crippen LogP contribution in [0.1, 0.15) is 38.0 Å². The number of hydrogen-bond donors (Lipinski definition) is 0. The van der Waals surface area contributed by atoms with Crippen molar-refractivity contribution in [2.24, 2.45) is 0 Å². The van der Waals surface area contributed by atoms with Crippen molar-refractivity contribution in [1.82, 2.24) is 10.1 Å². The maximum atomic E-state index is 12.7. The van der Waals surface area contributed by atoms with Crippen LogP contribution < -0.4 is 19.1 Å². The summed E-state index contributed by atoms with van der Waals surface area (Å²) in [5.74, 6) is 2.81. The lowest BCUT2D eigenvalue weighted by Crippen LogP contribution is -2.24. The maximum Gasteiger partial charge on any atom is 0.232 e. The second-order valence-corrected chi connectivity index (χ2v) is 7.66. The summed E-state index contributed by atoms with van der Waals surface area (Å²) in [6.45, 7) is 3.28. The second-order valence-electron chi connectivity index (χ2n) is 7.66. The van der Waals surface area contributed by atoms with E-state index in [2.05, 4.69) is 17.1 Å². The molecule has 1 atom stereocenters. The van der Waals surface area contributed by atoms with Crippen molar-refractivity contribution in [3.05, 3.63) is 48.4 Å². The zero-order valence-electron chi connectivity index (χ0n) is 18.5. The first-order chi connectivity index (χ1) is 15.6. The van der Waals surface area contributed by atoms with Gasteiger partial charge in [-0.3, -0.25) is 4.79 Å².